The highest BCUT2D eigenvalue weighted by Crippen LogP contribution is 2.16. The lowest BCUT2D eigenvalue weighted by molar-refractivity contribution is -0.167. The Balaban J connectivity index is 4.24. The highest BCUT2D eigenvalue weighted by molar-refractivity contribution is 5.71. The number of allylic oxidation sites excluding steroid dienone is 6. The fraction of sp³-hybridized carbons (Fsp3) is 0.852. The highest BCUT2D eigenvalue weighted by Gasteiger charge is 2.19. The molecule has 0 aliphatic heterocycles. The molecule has 6 heteroatoms. The molecule has 1 unspecified atom stereocenters. The van der Waals surface area contributed by atoms with Crippen LogP contribution in [0.15, 0.2) is 36.5 Å². The fourth-order valence-corrected chi connectivity index (χ4v) is 8.65. The molecule has 0 saturated carbocycles. The molecule has 0 saturated heterocycles. The van der Waals surface area contributed by atoms with Crippen molar-refractivity contribution in [2.75, 3.05) is 13.2 Å². The Bertz CT molecular complexity index is 1130. The zero-order valence-corrected chi connectivity index (χ0v) is 44.9. The Kier molecular flexibility index (Phi) is 54.2. The molecule has 0 rings (SSSR count). The van der Waals surface area contributed by atoms with Crippen molar-refractivity contribution in [1.29, 1.82) is 0 Å². The zero-order valence-electron chi connectivity index (χ0n) is 44.9. The average Bonchev–Trinajstić information content (AvgIpc) is 3.33. The normalized spacial score (nSPS) is 12.2. The van der Waals surface area contributed by atoms with Gasteiger partial charge in [-0.05, 0) is 77.0 Å². The van der Waals surface area contributed by atoms with Crippen LogP contribution in [0.5, 0.6) is 0 Å². The molecule has 0 aromatic rings. The lowest BCUT2D eigenvalue weighted by Gasteiger charge is -2.18. The predicted octanol–water partition coefficient (Wildman–Crippen LogP) is 19.7. The molecule has 0 radical (unpaired) electrons. The number of unbranched alkanes of at least 4 members (excludes halogenated alkanes) is 37. The van der Waals surface area contributed by atoms with Gasteiger partial charge in [-0.1, -0.05) is 256 Å². The van der Waals surface area contributed by atoms with Crippen molar-refractivity contribution < 1.29 is 28.6 Å². The third-order valence-corrected chi connectivity index (χ3v) is 13.1. The minimum atomic E-state index is -0.773. The van der Waals surface area contributed by atoms with E-state index in [0.29, 0.717) is 19.3 Å². The molecule has 0 bridgehead atoms. The zero-order chi connectivity index (χ0) is 48.6. The van der Waals surface area contributed by atoms with Crippen LogP contribution in [0.2, 0.25) is 0 Å². The van der Waals surface area contributed by atoms with Crippen LogP contribution in [0.4, 0.5) is 0 Å². The van der Waals surface area contributed by atoms with E-state index in [1.807, 2.05) is 0 Å². The molecule has 0 spiro atoms. The van der Waals surface area contributed by atoms with Crippen LogP contribution >= 0.6 is 0 Å². The summed E-state index contributed by atoms with van der Waals surface area (Å²) in [5, 5.41) is 0. The van der Waals surface area contributed by atoms with Crippen molar-refractivity contribution in [2.45, 2.75) is 322 Å². The third kappa shape index (κ3) is 54.4. The molecule has 6 nitrogen and oxygen atoms in total. The first-order chi connectivity index (χ1) is 33.0. The van der Waals surface area contributed by atoms with Gasteiger partial charge < -0.3 is 14.2 Å². The Morgan fingerprint density at radius 3 is 0.836 bits per heavy atom. The van der Waals surface area contributed by atoms with Gasteiger partial charge in [-0.15, -0.1) is 0 Å². The lowest BCUT2D eigenvalue weighted by Crippen LogP contribution is -2.30. The molecule has 0 amide bonds. The molecule has 0 aromatic carbocycles. The second-order valence-electron chi connectivity index (χ2n) is 19.9. The van der Waals surface area contributed by atoms with Crippen LogP contribution in [-0.2, 0) is 28.6 Å². The molecule has 0 heterocycles. The van der Waals surface area contributed by atoms with Crippen molar-refractivity contribution in [2.24, 2.45) is 0 Å². The van der Waals surface area contributed by atoms with E-state index in [1.54, 1.807) is 0 Å². The van der Waals surface area contributed by atoms with Crippen LogP contribution < -0.4 is 0 Å². The molecule has 1 atom stereocenters. The summed E-state index contributed by atoms with van der Waals surface area (Å²) >= 11 is 0. The summed E-state index contributed by atoms with van der Waals surface area (Å²) in [7, 11) is 0. The standard InChI is InChI=1S/C61H112O6/c1-4-7-10-13-16-19-22-24-26-28-29-30-31-32-33-34-36-37-39-42-45-48-51-54-60(63)66-57-58(56-65-59(62)53-50-47-44-41-21-18-15-12-9-6-3)67-61(64)55-52-49-46-43-40-38-35-27-25-23-20-17-14-11-8-5-2/h22,24,27-29,35,58H,4-21,23,25-26,30-34,36-57H2,1-3H3/b24-22-,29-28-,35-27-. The Morgan fingerprint density at radius 1 is 0.299 bits per heavy atom. The summed E-state index contributed by atoms with van der Waals surface area (Å²) in [6.45, 7) is 6.64. The first-order valence-corrected chi connectivity index (χ1v) is 29.5. The van der Waals surface area contributed by atoms with E-state index in [0.717, 1.165) is 70.6 Å². The first kappa shape index (κ1) is 64.6. The van der Waals surface area contributed by atoms with E-state index in [1.165, 1.54) is 205 Å². The van der Waals surface area contributed by atoms with Crippen LogP contribution in [0.1, 0.15) is 316 Å². The molecule has 0 N–H and O–H groups in total. The summed E-state index contributed by atoms with van der Waals surface area (Å²) < 4.78 is 16.8. The maximum atomic E-state index is 12.8. The molecule has 67 heavy (non-hydrogen) atoms. The number of carbonyl (C=O) groups excluding carboxylic acids is 3. The maximum Gasteiger partial charge on any atom is 0.306 e. The third-order valence-electron chi connectivity index (χ3n) is 13.1. The van der Waals surface area contributed by atoms with Gasteiger partial charge in [0.25, 0.3) is 0 Å². The summed E-state index contributed by atoms with van der Waals surface area (Å²) in [6, 6.07) is 0. The SMILES string of the molecule is CCCCCCC/C=C\C/C=C\CCCCCCCCCCCCCC(=O)OCC(COC(=O)CCCCCCCCCCCC)OC(=O)CCCCCCC/C=C\CCCCCCCCC. The van der Waals surface area contributed by atoms with Gasteiger partial charge >= 0.3 is 17.9 Å². The quantitative estimate of drug-likeness (QED) is 0.0262. The van der Waals surface area contributed by atoms with Crippen LogP contribution in [0.25, 0.3) is 0 Å². The smallest absolute Gasteiger partial charge is 0.306 e. The molecule has 0 fully saturated rings. The van der Waals surface area contributed by atoms with E-state index in [2.05, 4.69) is 57.2 Å². The van der Waals surface area contributed by atoms with Crippen LogP contribution in [0.3, 0.4) is 0 Å². The second kappa shape index (κ2) is 56.2. The summed E-state index contributed by atoms with van der Waals surface area (Å²) in [5.74, 6) is -0.868. The summed E-state index contributed by atoms with van der Waals surface area (Å²) in [6.07, 6.45) is 67.1. The molecule has 0 aliphatic rings. The Hall–Kier alpha value is -2.37. The van der Waals surface area contributed by atoms with E-state index in [4.69, 9.17) is 14.2 Å². The minimum absolute atomic E-state index is 0.0725. The second-order valence-corrected chi connectivity index (χ2v) is 19.9. The van der Waals surface area contributed by atoms with Gasteiger partial charge in [0, 0.05) is 19.3 Å². The number of ether oxygens (including phenoxy) is 3. The largest absolute Gasteiger partial charge is 0.462 e. The topological polar surface area (TPSA) is 78.9 Å². The van der Waals surface area contributed by atoms with E-state index >= 15 is 0 Å². The lowest BCUT2D eigenvalue weighted by atomic mass is 10.0. The van der Waals surface area contributed by atoms with Crippen LogP contribution in [0, 0.1) is 0 Å². The number of hydrogen-bond acceptors (Lipinski definition) is 6. The monoisotopic (exact) mass is 941 g/mol. The van der Waals surface area contributed by atoms with Crippen LogP contribution in [-0.4, -0.2) is 37.2 Å². The molecule has 0 aromatic heterocycles. The molecular weight excluding hydrogens is 829 g/mol. The molecular formula is C61H112O6. The van der Waals surface area contributed by atoms with Gasteiger partial charge in [0.15, 0.2) is 6.10 Å². The van der Waals surface area contributed by atoms with Crippen molar-refractivity contribution in [1.82, 2.24) is 0 Å². The minimum Gasteiger partial charge on any atom is -0.462 e. The first-order valence-electron chi connectivity index (χ1n) is 29.5. The Labute approximate surface area is 416 Å². The number of esters is 3. The van der Waals surface area contributed by atoms with Gasteiger partial charge in [-0.2, -0.15) is 0 Å². The predicted molar refractivity (Wildman–Crippen MR) is 289 cm³/mol. The number of hydrogen-bond donors (Lipinski definition) is 0. The summed E-state index contributed by atoms with van der Waals surface area (Å²) in [4.78, 5) is 38.1. The molecule has 392 valence electrons. The van der Waals surface area contributed by atoms with Gasteiger partial charge in [-0.25, -0.2) is 0 Å². The summed E-state index contributed by atoms with van der Waals surface area (Å²) in [5.41, 5.74) is 0. The van der Waals surface area contributed by atoms with E-state index in [9.17, 15) is 14.4 Å². The van der Waals surface area contributed by atoms with Crippen molar-refractivity contribution in [3.05, 3.63) is 36.5 Å². The Morgan fingerprint density at radius 2 is 0.537 bits per heavy atom. The van der Waals surface area contributed by atoms with Gasteiger partial charge in [-0.3, -0.25) is 14.4 Å². The van der Waals surface area contributed by atoms with E-state index < -0.39 is 6.10 Å². The molecule has 0 aliphatic carbocycles. The van der Waals surface area contributed by atoms with E-state index in [-0.39, 0.29) is 31.1 Å². The maximum absolute atomic E-state index is 12.8. The fourth-order valence-electron chi connectivity index (χ4n) is 8.65. The number of carbonyl (C=O) groups is 3. The van der Waals surface area contributed by atoms with Gasteiger partial charge in [0.1, 0.15) is 13.2 Å². The van der Waals surface area contributed by atoms with Gasteiger partial charge in [0.05, 0.1) is 0 Å². The van der Waals surface area contributed by atoms with Gasteiger partial charge in [0.2, 0.25) is 0 Å². The van der Waals surface area contributed by atoms with Crippen molar-refractivity contribution in [3.63, 3.8) is 0 Å². The van der Waals surface area contributed by atoms with Crippen molar-refractivity contribution >= 4 is 17.9 Å². The number of rotatable bonds is 54. The van der Waals surface area contributed by atoms with Crippen molar-refractivity contribution in [3.8, 4) is 0 Å². The average molecular weight is 942 g/mol. The highest BCUT2D eigenvalue weighted by atomic mass is 16.6.